The SMILES string of the molecule is Cc1ccc(S(=O)(=O)N2CC(C)(F)CC3(CCCCC3)C2)cc1. The molecule has 0 aromatic heterocycles. The molecule has 1 aliphatic carbocycles. The molecule has 0 bridgehead atoms. The van der Waals surface area contributed by atoms with Crippen LogP contribution < -0.4 is 0 Å². The maximum absolute atomic E-state index is 15.0. The lowest BCUT2D eigenvalue weighted by Crippen LogP contribution is -2.55. The van der Waals surface area contributed by atoms with Crippen LogP contribution in [0.1, 0.15) is 51.0 Å². The second-order valence-corrected chi connectivity index (χ2v) is 9.67. The molecule has 5 heteroatoms. The van der Waals surface area contributed by atoms with E-state index in [2.05, 4.69) is 0 Å². The van der Waals surface area contributed by atoms with E-state index in [9.17, 15) is 12.8 Å². The van der Waals surface area contributed by atoms with E-state index in [-0.39, 0.29) is 16.9 Å². The Labute approximate surface area is 138 Å². The van der Waals surface area contributed by atoms with E-state index in [1.165, 1.54) is 10.7 Å². The zero-order chi connectivity index (χ0) is 16.7. The molecule has 1 aliphatic heterocycles. The van der Waals surface area contributed by atoms with Crippen LogP contribution in [-0.4, -0.2) is 31.5 Å². The minimum atomic E-state index is -3.63. The molecule has 1 aromatic carbocycles. The quantitative estimate of drug-likeness (QED) is 0.814. The average Bonchev–Trinajstić information content (AvgIpc) is 2.46. The molecule has 2 aliphatic rings. The van der Waals surface area contributed by atoms with Crippen LogP contribution in [0.25, 0.3) is 0 Å². The lowest BCUT2D eigenvalue weighted by atomic mass is 9.66. The van der Waals surface area contributed by atoms with Crippen LogP contribution >= 0.6 is 0 Å². The van der Waals surface area contributed by atoms with Crippen LogP contribution in [0.3, 0.4) is 0 Å². The molecule has 1 heterocycles. The van der Waals surface area contributed by atoms with Crippen molar-refractivity contribution in [3.05, 3.63) is 29.8 Å². The average molecular weight is 339 g/mol. The third kappa shape index (κ3) is 3.45. The summed E-state index contributed by atoms with van der Waals surface area (Å²) >= 11 is 0. The van der Waals surface area contributed by atoms with Gasteiger partial charge in [-0.3, -0.25) is 0 Å². The molecule has 0 N–H and O–H groups in total. The van der Waals surface area contributed by atoms with Crippen molar-refractivity contribution in [1.82, 2.24) is 4.31 Å². The fraction of sp³-hybridized carbons (Fsp3) is 0.667. The Morgan fingerprint density at radius 3 is 2.26 bits per heavy atom. The van der Waals surface area contributed by atoms with Gasteiger partial charge < -0.3 is 0 Å². The fourth-order valence-electron chi connectivity index (χ4n) is 4.36. The van der Waals surface area contributed by atoms with Gasteiger partial charge in [0, 0.05) is 13.1 Å². The standard InChI is InChI=1S/C18H26FNO2S/c1-15-6-8-16(9-7-15)23(21,22)20-13-17(2,19)12-18(14-20)10-4-3-5-11-18/h6-9H,3-5,10-14H2,1-2H3. The highest BCUT2D eigenvalue weighted by molar-refractivity contribution is 7.89. The molecule has 0 radical (unpaired) electrons. The van der Waals surface area contributed by atoms with Crippen LogP contribution in [0, 0.1) is 12.3 Å². The van der Waals surface area contributed by atoms with Crippen molar-refractivity contribution in [3.63, 3.8) is 0 Å². The first kappa shape index (κ1) is 16.9. The minimum Gasteiger partial charge on any atom is -0.243 e. The predicted molar refractivity (Wildman–Crippen MR) is 89.6 cm³/mol. The highest BCUT2D eigenvalue weighted by atomic mass is 32.2. The summed E-state index contributed by atoms with van der Waals surface area (Å²) in [6.07, 6.45) is 5.69. The maximum Gasteiger partial charge on any atom is 0.243 e. The summed E-state index contributed by atoms with van der Waals surface area (Å²) in [5, 5.41) is 0. The number of alkyl halides is 1. The molecule has 0 amide bonds. The van der Waals surface area contributed by atoms with E-state index >= 15 is 0 Å². The molecular formula is C18H26FNO2S. The lowest BCUT2D eigenvalue weighted by Gasteiger charge is -2.49. The first-order valence-electron chi connectivity index (χ1n) is 8.48. The topological polar surface area (TPSA) is 37.4 Å². The van der Waals surface area contributed by atoms with E-state index in [0.717, 1.165) is 31.2 Å². The molecule has 1 unspecified atom stereocenters. The Hall–Kier alpha value is -0.940. The Morgan fingerprint density at radius 1 is 1.04 bits per heavy atom. The van der Waals surface area contributed by atoms with Gasteiger partial charge in [-0.2, -0.15) is 4.31 Å². The van der Waals surface area contributed by atoms with Gasteiger partial charge in [-0.05, 0) is 50.7 Å². The van der Waals surface area contributed by atoms with Gasteiger partial charge in [0.25, 0.3) is 0 Å². The summed E-state index contributed by atoms with van der Waals surface area (Å²) < 4.78 is 42.3. The first-order chi connectivity index (χ1) is 10.7. The molecule has 3 rings (SSSR count). The second-order valence-electron chi connectivity index (χ2n) is 7.74. The van der Waals surface area contributed by atoms with Crippen molar-refractivity contribution in [2.75, 3.05) is 13.1 Å². The van der Waals surface area contributed by atoms with Crippen LogP contribution in [0.15, 0.2) is 29.2 Å². The predicted octanol–water partition coefficient (Wildman–Crippen LogP) is 4.07. The number of hydrogen-bond donors (Lipinski definition) is 0. The molecule has 1 saturated heterocycles. The van der Waals surface area contributed by atoms with Crippen LogP contribution in [0.5, 0.6) is 0 Å². The number of rotatable bonds is 2. The van der Waals surface area contributed by atoms with E-state index in [1.54, 1.807) is 31.2 Å². The maximum atomic E-state index is 15.0. The van der Waals surface area contributed by atoms with Gasteiger partial charge in [-0.1, -0.05) is 37.0 Å². The summed E-state index contributed by atoms with van der Waals surface area (Å²) in [6, 6.07) is 6.84. The zero-order valence-electron chi connectivity index (χ0n) is 14.0. The van der Waals surface area contributed by atoms with Gasteiger partial charge in [0.1, 0.15) is 5.67 Å². The van der Waals surface area contributed by atoms with Gasteiger partial charge in [0.15, 0.2) is 0 Å². The highest BCUT2D eigenvalue weighted by Gasteiger charge is 2.49. The molecule has 1 saturated carbocycles. The van der Waals surface area contributed by atoms with Gasteiger partial charge in [-0.25, -0.2) is 12.8 Å². The van der Waals surface area contributed by atoms with Crippen LogP contribution in [-0.2, 0) is 10.0 Å². The fourth-order valence-corrected chi connectivity index (χ4v) is 6.02. The van der Waals surface area contributed by atoms with Gasteiger partial charge >= 0.3 is 0 Å². The third-order valence-electron chi connectivity index (χ3n) is 5.33. The third-order valence-corrected chi connectivity index (χ3v) is 7.14. The van der Waals surface area contributed by atoms with E-state index in [4.69, 9.17) is 0 Å². The smallest absolute Gasteiger partial charge is 0.243 e. The van der Waals surface area contributed by atoms with E-state index in [1.807, 2.05) is 6.92 Å². The van der Waals surface area contributed by atoms with Gasteiger partial charge in [0.2, 0.25) is 10.0 Å². The van der Waals surface area contributed by atoms with Crippen molar-refractivity contribution in [2.45, 2.75) is 62.9 Å². The van der Waals surface area contributed by atoms with Crippen molar-refractivity contribution in [1.29, 1.82) is 0 Å². The first-order valence-corrected chi connectivity index (χ1v) is 9.92. The summed E-state index contributed by atoms with van der Waals surface area (Å²) in [5.74, 6) is 0. The lowest BCUT2D eigenvalue weighted by molar-refractivity contribution is -0.0107. The zero-order valence-corrected chi connectivity index (χ0v) is 14.8. The summed E-state index contributed by atoms with van der Waals surface area (Å²) in [4.78, 5) is 0.270. The summed E-state index contributed by atoms with van der Waals surface area (Å²) in [5.41, 5.74) is -0.618. The van der Waals surface area contributed by atoms with Gasteiger partial charge in [0.05, 0.1) is 4.90 Å². The number of nitrogens with zero attached hydrogens (tertiary/aromatic N) is 1. The Bertz CT molecular complexity index is 661. The van der Waals surface area contributed by atoms with Crippen LogP contribution in [0.2, 0.25) is 0 Å². The molecule has 1 aromatic rings. The number of aryl methyl sites for hydroxylation is 1. The monoisotopic (exact) mass is 339 g/mol. The number of benzene rings is 1. The van der Waals surface area contributed by atoms with Crippen molar-refractivity contribution >= 4 is 10.0 Å². The van der Waals surface area contributed by atoms with E-state index < -0.39 is 15.7 Å². The number of hydrogen-bond acceptors (Lipinski definition) is 2. The largest absolute Gasteiger partial charge is 0.243 e. The Morgan fingerprint density at radius 2 is 1.65 bits per heavy atom. The second kappa shape index (κ2) is 5.85. The summed E-state index contributed by atoms with van der Waals surface area (Å²) in [7, 11) is -3.63. The molecular weight excluding hydrogens is 313 g/mol. The molecule has 2 fully saturated rings. The van der Waals surface area contributed by atoms with Crippen molar-refractivity contribution < 1.29 is 12.8 Å². The normalized spacial score (nSPS) is 28.8. The molecule has 1 spiro atoms. The van der Waals surface area contributed by atoms with Crippen molar-refractivity contribution in [2.24, 2.45) is 5.41 Å². The van der Waals surface area contributed by atoms with E-state index in [0.29, 0.717) is 13.0 Å². The highest BCUT2D eigenvalue weighted by Crippen LogP contribution is 2.48. The molecule has 1 atom stereocenters. The van der Waals surface area contributed by atoms with Crippen molar-refractivity contribution in [3.8, 4) is 0 Å². The molecule has 23 heavy (non-hydrogen) atoms. The summed E-state index contributed by atoms with van der Waals surface area (Å²) in [6.45, 7) is 3.90. The number of piperidine rings is 1. The van der Waals surface area contributed by atoms with Crippen LogP contribution in [0.4, 0.5) is 4.39 Å². The number of halogens is 1. The molecule has 3 nitrogen and oxygen atoms in total. The number of sulfonamides is 1. The minimum absolute atomic E-state index is 0.0367. The Balaban J connectivity index is 1.92. The van der Waals surface area contributed by atoms with Gasteiger partial charge in [-0.15, -0.1) is 0 Å². The molecule has 128 valence electrons. The Kier molecular flexibility index (Phi) is 4.30.